The summed E-state index contributed by atoms with van der Waals surface area (Å²) in [5, 5.41) is 8.54. The van der Waals surface area contributed by atoms with E-state index < -0.39 is 0 Å². The van der Waals surface area contributed by atoms with Crippen LogP contribution in [-0.4, -0.2) is 10.2 Å². The van der Waals surface area contributed by atoms with Gasteiger partial charge in [0, 0.05) is 11.1 Å². The van der Waals surface area contributed by atoms with Crippen LogP contribution in [0.15, 0.2) is 28.7 Å². The molecular weight excluding hydrogens is 284 g/mol. The summed E-state index contributed by atoms with van der Waals surface area (Å²) in [5.41, 5.74) is 9.33. The fourth-order valence-electron chi connectivity index (χ4n) is 2.82. The largest absolute Gasteiger partial charge is 0.416 e. The van der Waals surface area contributed by atoms with E-state index in [4.69, 9.17) is 4.42 Å². The maximum absolute atomic E-state index is 5.98. The lowest BCUT2D eigenvalue weighted by atomic mass is 10.0. The summed E-state index contributed by atoms with van der Waals surface area (Å²) in [6.07, 6.45) is 0. The zero-order valence-electron chi connectivity index (χ0n) is 14.6. The fourth-order valence-corrected chi connectivity index (χ4v) is 2.82. The predicted octanol–water partition coefficient (Wildman–Crippen LogP) is 5.25. The van der Waals surface area contributed by atoms with Crippen molar-refractivity contribution in [3.05, 3.63) is 57.6 Å². The van der Waals surface area contributed by atoms with Crippen molar-refractivity contribution < 1.29 is 4.42 Å². The van der Waals surface area contributed by atoms with Gasteiger partial charge in [-0.25, -0.2) is 0 Å². The highest BCUT2D eigenvalue weighted by Crippen LogP contribution is 2.30. The van der Waals surface area contributed by atoms with Crippen LogP contribution in [0.5, 0.6) is 0 Å². The van der Waals surface area contributed by atoms with Crippen molar-refractivity contribution >= 4 is 0 Å². The van der Waals surface area contributed by atoms with Gasteiger partial charge in [0.1, 0.15) is 0 Å². The van der Waals surface area contributed by atoms with Crippen LogP contribution in [0, 0.1) is 41.5 Å². The second-order valence-corrected chi connectivity index (χ2v) is 6.42. The van der Waals surface area contributed by atoms with Gasteiger partial charge >= 0.3 is 0 Å². The Kier molecular flexibility index (Phi) is 3.80. The minimum absolute atomic E-state index is 0.582. The molecule has 1 heterocycles. The zero-order chi connectivity index (χ0) is 16.7. The van der Waals surface area contributed by atoms with E-state index in [1.54, 1.807) is 0 Å². The molecule has 3 nitrogen and oxygen atoms in total. The van der Waals surface area contributed by atoms with Gasteiger partial charge in [0.25, 0.3) is 0 Å². The first kappa shape index (κ1) is 15.5. The van der Waals surface area contributed by atoms with Gasteiger partial charge in [-0.15, -0.1) is 10.2 Å². The highest BCUT2D eigenvalue weighted by atomic mass is 16.4. The van der Waals surface area contributed by atoms with E-state index in [9.17, 15) is 0 Å². The molecule has 0 radical (unpaired) electrons. The molecule has 0 bridgehead atoms. The molecule has 0 aliphatic heterocycles. The number of hydrogen-bond donors (Lipinski definition) is 0. The van der Waals surface area contributed by atoms with Gasteiger partial charge < -0.3 is 4.42 Å². The molecule has 3 aromatic rings. The van der Waals surface area contributed by atoms with E-state index in [1.165, 1.54) is 22.3 Å². The molecule has 0 aliphatic rings. The van der Waals surface area contributed by atoms with Gasteiger partial charge in [-0.2, -0.15) is 0 Å². The Morgan fingerprint density at radius 1 is 0.522 bits per heavy atom. The summed E-state index contributed by atoms with van der Waals surface area (Å²) in [5.74, 6) is 1.16. The maximum atomic E-state index is 5.98. The predicted molar refractivity (Wildman–Crippen MR) is 93.6 cm³/mol. The minimum atomic E-state index is 0.582. The third kappa shape index (κ3) is 2.79. The highest BCUT2D eigenvalue weighted by Gasteiger charge is 2.15. The lowest BCUT2D eigenvalue weighted by molar-refractivity contribution is 0.583. The normalized spacial score (nSPS) is 11.0. The first-order chi connectivity index (χ1) is 10.9. The number of aromatic nitrogens is 2. The molecule has 23 heavy (non-hydrogen) atoms. The number of rotatable bonds is 2. The summed E-state index contributed by atoms with van der Waals surface area (Å²) in [7, 11) is 0. The van der Waals surface area contributed by atoms with Crippen LogP contribution in [0.2, 0.25) is 0 Å². The number of aryl methyl sites for hydroxylation is 6. The van der Waals surface area contributed by atoms with Crippen LogP contribution >= 0.6 is 0 Å². The van der Waals surface area contributed by atoms with Crippen molar-refractivity contribution in [2.24, 2.45) is 0 Å². The van der Waals surface area contributed by atoms with Crippen molar-refractivity contribution in [2.75, 3.05) is 0 Å². The van der Waals surface area contributed by atoms with Crippen LogP contribution < -0.4 is 0 Å². The van der Waals surface area contributed by atoms with E-state index in [1.807, 2.05) is 0 Å². The fraction of sp³-hybridized carbons (Fsp3) is 0.300. The minimum Gasteiger partial charge on any atom is -0.416 e. The molecule has 0 fully saturated rings. The van der Waals surface area contributed by atoms with E-state index in [0.717, 1.165) is 22.3 Å². The average Bonchev–Trinajstić information content (AvgIpc) is 2.96. The molecule has 1 aromatic heterocycles. The molecule has 0 aliphatic carbocycles. The van der Waals surface area contributed by atoms with Crippen LogP contribution in [0.1, 0.15) is 33.4 Å². The van der Waals surface area contributed by atoms with E-state index in [0.29, 0.717) is 11.8 Å². The third-order valence-electron chi connectivity index (χ3n) is 4.57. The quantitative estimate of drug-likeness (QED) is 0.648. The molecule has 0 N–H and O–H groups in total. The molecule has 0 amide bonds. The van der Waals surface area contributed by atoms with Crippen molar-refractivity contribution in [3.63, 3.8) is 0 Å². The van der Waals surface area contributed by atoms with Gasteiger partial charge in [-0.3, -0.25) is 0 Å². The Morgan fingerprint density at radius 3 is 1.26 bits per heavy atom. The molecule has 3 rings (SSSR count). The summed E-state index contributed by atoms with van der Waals surface area (Å²) < 4.78 is 5.98. The first-order valence-corrected chi connectivity index (χ1v) is 7.86. The van der Waals surface area contributed by atoms with Gasteiger partial charge in [0.2, 0.25) is 11.8 Å². The Hall–Kier alpha value is -2.42. The van der Waals surface area contributed by atoms with Gasteiger partial charge in [0.15, 0.2) is 0 Å². The van der Waals surface area contributed by atoms with Crippen LogP contribution in [0.4, 0.5) is 0 Å². The van der Waals surface area contributed by atoms with Crippen molar-refractivity contribution in [3.8, 4) is 22.9 Å². The molecule has 0 saturated heterocycles. The molecule has 3 heteroatoms. The monoisotopic (exact) mass is 306 g/mol. The van der Waals surface area contributed by atoms with Crippen molar-refractivity contribution in [1.82, 2.24) is 10.2 Å². The summed E-state index contributed by atoms with van der Waals surface area (Å²) in [6, 6.07) is 8.57. The number of hydrogen-bond acceptors (Lipinski definition) is 3. The smallest absolute Gasteiger partial charge is 0.248 e. The van der Waals surface area contributed by atoms with Crippen molar-refractivity contribution in [2.45, 2.75) is 41.5 Å². The first-order valence-electron chi connectivity index (χ1n) is 7.86. The lowest BCUT2D eigenvalue weighted by Crippen LogP contribution is -1.89. The molecular formula is C20H22N2O. The highest BCUT2D eigenvalue weighted by molar-refractivity contribution is 5.65. The summed E-state index contributed by atoms with van der Waals surface area (Å²) in [4.78, 5) is 0. The van der Waals surface area contributed by atoms with Crippen LogP contribution in [0.3, 0.4) is 0 Å². The molecule has 118 valence electrons. The summed E-state index contributed by atoms with van der Waals surface area (Å²) >= 11 is 0. The van der Waals surface area contributed by atoms with Crippen molar-refractivity contribution in [1.29, 1.82) is 0 Å². The number of nitrogens with zero attached hydrogens (tertiary/aromatic N) is 2. The SMILES string of the molecule is Cc1cc(C)c(-c2nnc(-c3cc(C)c(C)cc3C)o2)cc1C. The van der Waals surface area contributed by atoms with E-state index in [2.05, 4.69) is 76.0 Å². The standard InChI is InChI=1S/C20H22N2O/c1-11-7-15(5)17(9-13(11)3)19-21-22-20(23-19)18-10-14(4)12(2)8-16(18)6/h7-10H,1-6H3. The molecule has 0 atom stereocenters. The van der Waals surface area contributed by atoms with E-state index in [-0.39, 0.29) is 0 Å². The second kappa shape index (κ2) is 5.65. The van der Waals surface area contributed by atoms with Gasteiger partial charge in [0.05, 0.1) is 0 Å². The Balaban J connectivity index is 2.08. The van der Waals surface area contributed by atoms with Gasteiger partial charge in [-0.1, -0.05) is 12.1 Å². The average molecular weight is 306 g/mol. The molecule has 0 saturated carbocycles. The summed E-state index contributed by atoms with van der Waals surface area (Å²) in [6.45, 7) is 12.6. The topological polar surface area (TPSA) is 38.9 Å². The van der Waals surface area contributed by atoms with Crippen LogP contribution in [-0.2, 0) is 0 Å². The lowest BCUT2D eigenvalue weighted by Gasteiger charge is -2.07. The zero-order valence-corrected chi connectivity index (χ0v) is 14.6. The third-order valence-corrected chi connectivity index (χ3v) is 4.57. The second-order valence-electron chi connectivity index (χ2n) is 6.42. The van der Waals surface area contributed by atoms with Gasteiger partial charge in [-0.05, 0) is 87.1 Å². The molecule has 0 spiro atoms. The Morgan fingerprint density at radius 2 is 0.870 bits per heavy atom. The molecule has 0 unspecified atom stereocenters. The van der Waals surface area contributed by atoms with Crippen LogP contribution in [0.25, 0.3) is 22.9 Å². The maximum Gasteiger partial charge on any atom is 0.248 e. The van der Waals surface area contributed by atoms with E-state index >= 15 is 0 Å². The molecule has 2 aromatic carbocycles. The Bertz CT molecular complexity index is 819. The Labute approximate surface area is 137 Å². The number of benzene rings is 2.